The predicted molar refractivity (Wildman–Crippen MR) is 89.1 cm³/mol. The van der Waals surface area contributed by atoms with Crippen LogP contribution in [0.2, 0.25) is 0 Å². The van der Waals surface area contributed by atoms with Crippen molar-refractivity contribution in [2.45, 2.75) is 45.6 Å². The van der Waals surface area contributed by atoms with Crippen LogP contribution in [0, 0.1) is 19.8 Å². The number of hydrogen-bond acceptors (Lipinski definition) is 5. The monoisotopic (exact) mass is 329 g/mol. The van der Waals surface area contributed by atoms with Gasteiger partial charge in [0.1, 0.15) is 5.75 Å². The average molecular weight is 329 g/mol. The van der Waals surface area contributed by atoms with Crippen LogP contribution in [0.15, 0.2) is 22.6 Å². The van der Waals surface area contributed by atoms with Gasteiger partial charge < -0.3 is 14.5 Å². The van der Waals surface area contributed by atoms with Gasteiger partial charge >= 0.3 is 0 Å². The SMILES string of the molecule is COc1cc(C(=O)N[C@H]2CC[C@@H](Cc3nnc(C)o3)C2)ccc1C. The van der Waals surface area contributed by atoms with Crippen LogP contribution in [0.3, 0.4) is 0 Å². The van der Waals surface area contributed by atoms with Gasteiger partial charge in [0.2, 0.25) is 11.8 Å². The molecule has 1 fully saturated rings. The summed E-state index contributed by atoms with van der Waals surface area (Å²) in [6.07, 6.45) is 3.76. The third kappa shape index (κ3) is 3.75. The van der Waals surface area contributed by atoms with Gasteiger partial charge in [-0.1, -0.05) is 6.07 Å². The number of aryl methyl sites for hydroxylation is 2. The highest BCUT2D eigenvalue weighted by Crippen LogP contribution is 2.29. The van der Waals surface area contributed by atoms with Crippen LogP contribution in [0.4, 0.5) is 0 Å². The molecule has 0 radical (unpaired) electrons. The first-order valence-corrected chi connectivity index (χ1v) is 8.29. The molecule has 0 bridgehead atoms. The number of ether oxygens (including phenoxy) is 1. The lowest BCUT2D eigenvalue weighted by Gasteiger charge is -2.14. The van der Waals surface area contributed by atoms with E-state index in [0.29, 0.717) is 23.3 Å². The molecular weight excluding hydrogens is 306 g/mol. The van der Waals surface area contributed by atoms with Crippen molar-refractivity contribution in [2.75, 3.05) is 7.11 Å². The van der Waals surface area contributed by atoms with E-state index in [1.54, 1.807) is 20.1 Å². The zero-order valence-electron chi connectivity index (χ0n) is 14.3. The van der Waals surface area contributed by atoms with Crippen molar-refractivity contribution < 1.29 is 13.9 Å². The molecule has 0 saturated heterocycles. The molecule has 1 aliphatic carbocycles. The van der Waals surface area contributed by atoms with Crippen molar-refractivity contribution >= 4 is 5.91 Å². The highest BCUT2D eigenvalue weighted by atomic mass is 16.5. The second-order valence-corrected chi connectivity index (χ2v) is 6.45. The maximum atomic E-state index is 12.4. The Hall–Kier alpha value is -2.37. The summed E-state index contributed by atoms with van der Waals surface area (Å²) in [5, 5.41) is 11.0. The molecule has 6 nitrogen and oxygen atoms in total. The molecule has 1 aromatic heterocycles. The normalized spacial score (nSPS) is 20.1. The molecule has 0 aliphatic heterocycles. The summed E-state index contributed by atoms with van der Waals surface area (Å²) in [5.41, 5.74) is 1.65. The molecule has 0 spiro atoms. The largest absolute Gasteiger partial charge is 0.496 e. The molecule has 24 heavy (non-hydrogen) atoms. The van der Waals surface area contributed by atoms with Crippen LogP contribution in [-0.4, -0.2) is 29.3 Å². The predicted octanol–water partition coefficient (Wildman–Crippen LogP) is 2.84. The molecule has 2 atom stereocenters. The molecule has 6 heteroatoms. The van der Waals surface area contributed by atoms with E-state index in [2.05, 4.69) is 15.5 Å². The Balaban J connectivity index is 1.56. The van der Waals surface area contributed by atoms with Gasteiger partial charge in [0, 0.05) is 24.9 Å². The molecule has 1 aliphatic rings. The van der Waals surface area contributed by atoms with E-state index >= 15 is 0 Å². The lowest BCUT2D eigenvalue weighted by Crippen LogP contribution is -2.33. The zero-order chi connectivity index (χ0) is 17.1. The van der Waals surface area contributed by atoms with E-state index < -0.39 is 0 Å². The number of methoxy groups -OCH3 is 1. The van der Waals surface area contributed by atoms with Gasteiger partial charge in [0.25, 0.3) is 5.91 Å². The highest BCUT2D eigenvalue weighted by Gasteiger charge is 2.27. The first-order valence-electron chi connectivity index (χ1n) is 8.29. The van der Waals surface area contributed by atoms with Gasteiger partial charge in [-0.15, -0.1) is 10.2 Å². The van der Waals surface area contributed by atoms with Crippen molar-refractivity contribution in [1.29, 1.82) is 0 Å². The number of carbonyl (C=O) groups is 1. The number of aromatic nitrogens is 2. The third-order valence-electron chi connectivity index (χ3n) is 4.58. The van der Waals surface area contributed by atoms with Gasteiger partial charge in [-0.05, 0) is 49.8 Å². The minimum Gasteiger partial charge on any atom is -0.496 e. The summed E-state index contributed by atoms with van der Waals surface area (Å²) in [5.74, 6) is 2.45. The Kier molecular flexibility index (Phi) is 4.83. The molecule has 1 heterocycles. The number of rotatable bonds is 5. The second kappa shape index (κ2) is 7.03. The van der Waals surface area contributed by atoms with E-state index in [9.17, 15) is 4.79 Å². The van der Waals surface area contributed by atoms with Crippen molar-refractivity contribution in [3.05, 3.63) is 41.1 Å². The van der Waals surface area contributed by atoms with Gasteiger partial charge in [-0.2, -0.15) is 0 Å². The van der Waals surface area contributed by atoms with Crippen LogP contribution >= 0.6 is 0 Å². The Morgan fingerprint density at radius 3 is 2.88 bits per heavy atom. The Labute approximate surface area is 141 Å². The van der Waals surface area contributed by atoms with Gasteiger partial charge in [0.15, 0.2) is 0 Å². The minimum atomic E-state index is -0.0485. The molecule has 0 unspecified atom stereocenters. The quantitative estimate of drug-likeness (QED) is 0.912. The summed E-state index contributed by atoms with van der Waals surface area (Å²) in [7, 11) is 1.62. The molecule has 1 N–H and O–H groups in total. The van der Waals surface area contributed by atoms with E-state index in [1.165, 1.54) is 0 Å². The first kappa shape index (κ1) is 16.5. The van der Waals surface area contributed by atoms with Crippen LogP contribution in [0.25, 0.3) is 0 Å². The summed E-state index contributed by atoms with van der Waals surface area (Å²) >= 11 is 0. The van der Waals surface area contributed by atoms with E-state index in [0.717, 1.165) is 37.0 Å². The van der Waals surface area contributed by atoms with Crippen LogP contribution < -0.4 is 10.1 Å². The number of nitrogens with zero attached hydrogens (tertiary/aromatic N) is 2. The standard InChI is InChI=1S/C18H23N3O3/c1-11-4-6-14(10-16(11)23-3)18(22)19-15-7-5-13(8-15)9-17-21-20-12(2)24-17/h4,6,10,13,15H,5,7-9H2,1-3H3,(H,19,22)/t13-,15+/m1/s1. The van der Waals surface area contributed by atoms with Crippen LogP contribution in [-0.2, 0) is 6.42 Å². The molecule has 1 aromatic carbocycles. The Morgan fingerprint density at radius 1 is 1.33 bits per heavy atom. The summed E-state index contributed by atoms with van der Waals surface area (Å²) < 4.78 is 10.7. The number of amides is 1. The van der Waals surface area contributed by atoms with E-state index in [-0.39, 0.29) is 11.9 Å². The highest BCUT2D eigenvalue weighted by molar-refractivity contribution is 5.94. The number of nitrogens with one attached hydrogen (secondary N) is 1. The fourth-order valence-electron chi connectivity index (χ4n) is 3.29. The number of benzene rings is 1. The van der Waals surface area contributed by atoms with Crippen molar-refractivity contribution in [2.24, 2.45) is 5.92 Å². The summed E-state index contributed by atoms with van der Waals surface area (Å²) in [6.45, 7) is 3.76. The lowest BCUT2D eigenvalue weighted by atomic mass is 10.0. The molecule has 128 valence electrons. The van der Waals surface area contributed by atoms with Crippen LogP contribution in [0.1, 0.15) is 47.0 Å². The smallest absolute Gasteiger partial charge is 0.251 e. The first-order chi connectivity index (χ1) is 11.5. The number of carbonyl (C=O) groups excluding carboxylic acids is 1. The van der Waals surface area contributed by atoms with Crippen molar-refractivity contribution in [3.8, 4) is 5.75 Å². The summed E-state index contributed by atoms with van der Waals surface area (Å²) in [6, 6.07) is 5.72. The molecule has 1 saturated carbocycles. The fourth-order valence-corrected chi connectivity index (χ4v) is 3.29. The molecule has 1 amide bonds. The maximum absolute atomic E-state index is 12.4. The lowest BCUT2D eigenvalue weighted by molar-refractivity contribution is 0.0936. The van der Waals surface area contributed by atoms with Gasteiger partial charge in [-0.3, -0.25) is 4.79 Å². The summed E-state index contributed by atoms with van der Waals surface area (Å²) in [4.78, 5) is 12.4. The van der Waals surface area contributed by atoms with Gasteiger partial charge in [-0.25, -0.2) is 0 Å². The molecular formula is C18H23N3O3. The number of hydrogen-bond donors (Lipinski definition) is 1. The zero-order valence-corrected chi connectivity index (χ0v) is 14.3. The second-order valence-electron chi connectivity index (χ2n) is 6.45. The van der Waals surface area contributed by atoms with Crippen LogP contribution in [0.5, 0.6) is 5.75 Å². The topological polar surface area (TPSA) is 77.2 Å². The van der Waals surface area contributed by atoms with Crippen molar-refractivity contribution in [3.63, 3.8) is 0 Å². The van der Waals surface area contributed by atoms with Crippen molar-refractivity contribution in [1.82, 2.24) is 15.5 Å². The Morgan fingerprint density at radius 2 is 2.17 bits per heavy atom. The third-order valence-corrected chi connectivity index (χ3v) is 4.58. The fraction of sp³-hybridized carbons (Fsp3) is 0.500. The Bertz CT molecular complexity index is 726. The molecule has 3 rings (SSSR count). The maximum Gasteiger partial charge on any atom is 0.251 e. The van der Waals surface area contributed by atoms with Gasteiger partial charge in [0.05, 0.1) is 7.11 Å². The van der Waals surface area contributed by atoms with E-state index in [4.69, 9.17) is 9.15 Å². The van der Waals surface area contributed by atoms with E-state index in [1.807, 2.05) is 19.1 Å². The minimum absolute atomic E-state index is 0.0485. The molecule has 2 aromatic rings. The average Bonchev–Trinajstić information content (AvgIpc) is 3.17.